The number of carbonyl (C=O) groups is 2. The molecular weight excluding hydrogens is 448 g/mol. The summed E-state index contributed by atoms with van der Waals surface area (Å²) in [6, 6.07) is 15.5. The van der Waals surface area contributed by atoms with Gasteiger partial charge in [-0.15, -0.1) is 0 Å². The SMILES string of the molecule is C[C@@H]1CCCC[C@H]1NC(=O)[C@]1(C)Cn2c(nc3ccccc32)C(=O)N1CCc1ccc(Cl)cc1. The first-order chi connectivity index (χ1) is 16.4. The molecule has 3 atom stereocenters. The standard InChI is InChI=1S/C27H31ClN4O2/c1-18-7-3-4-8-21(18)30-26(34)27(2)17-31-23-10-6-5-9-22(23)29-24(31)25(33)32(27)16-15-19-11-13-20(28)14-12-19/h5-6,9-14,18,21H,3-4,7-8,15-17H2,1-2H3,(H,30,34)/t18-,21-,27+/m1/s1. The topological polar surface area (TPSA) is 67.2 Å². The van der Waals surface area contributed by atoms with E-state index in [0.717, 1.165) is 35.9 Å². The first kappa shape index (κ1) is 22.9. The number of halogens is 1. The van der Waals surface area contributed by atoms with Crippen molar-refractivity contribution in [1.29, 1.82) is 0 Å². The summed E-state index contributed by atoms with van der Waals surface area (Å²) in [6.07, 6.45) is 5.08. The average Bonchev–Trinajstić information content (AvgIpc) is 3.20. The molecule has 1 aliphatic carbocycles. The molecule has 5 rings (SSSR count). The van der Waals surface area contributed by atoms with Crippen molar-refractivity contribution in [1.82, 2.24) is 19.8 Å². The zero-order valence-corrected chi connectivity index (χ0v) is 20.5. The van der Waals surface area contributed by atoms with E-state index in [-0.39, 0.29) is 17.9 Å². The van der Waals surface area contributed by atoms with Crippen LogP contribution in [0.4, 0.5) is 0 Å². The summed E-state index contributed by atoms with van der Waals surface area (Å²) in [7, 11) is 0. The Kier molecular flexibility index (Phi) is 6.11. The fraction of sp³-hybridized carbons (Fsp3) is 0.444. The molecule has 34 heavy (non-hydrogen) atoms. The van der Waals surface area contributed by atoms with Gasteiger partial charge in [0.25, 0.3) is 5.91 Å². The fourth-order valence-corrected chi connectivity index (χ4v) is 5.55. The van der Waals surface area contributed by atoms with E-state index in [1.165, 1.54) is 6.42 Å². The van der Waals surface area contributed by atoms with Gasteiger partial charge in [-0.25, -0.2) is 4.98 Å². The smallest absolute Gasteiger partial charge is 0.290 e. The molecule has 1 aliphatic heterocycles. The molecule has 0 bridgehead atoms. The lowest BCUT2D eigenvalue weighted by Gasteiger charge is -2.44. The molecule has 2 aromatic carbocycles. The maximum Gasteiger partial charge on any atom is 0.290 e. The van der Waals surface area contributed by atoms with E-state index in [1.54, 1.807) is 4.90 Å². The lowest BCUT2D eigenvalue weighted by molar-refractivity contribution is -0.134. The van der Waals surface area contributed by atoms with Crippen molar-refractivity contribution in [3.63, 3.8) is 0 Å². The number of imidazole rings is 1. The van der Waals surface area contributed by atoms with Crippen LogP contribution in [0.25, 0.3) is 11.0 Å². The number of nitrogens with zero attached hydrogens (tertiary/aromatic N) is 3. The first-order valence-electron chi connectivity index (χ1n) is 12.2. The summed E-state index contributed by atoms with van der Waals surface area (Å²) in [6.45, 7) is 4.90. The Morgan fingerprint density at radius 3 is 2.65 bits per heavy atom. The van der Waals surface area contributed by atoms with Gasteiger partial charge in [-0.1, -0.05) is 55.6 Å². The van der Waals surface area contributed by atoms with Gasteiger partial charge in [-0.2, -0.15) is 0 Å². The Labute approximate surface area is 205 Å². The quantitative estimate of drug-likeness (QED) is 0.570. The van der Waals surface area contributed by atoms with Crippen molar-refractivity contribution in [3.05, 3.63) is 64.9 Å². The number of hydrogen-bond donors (Lipinski definition) is 1. The largest absolute Gasteiger partial charge is 0.351 e. The van der Waals surface area contributed by atoms with Gasteiger partial charge in [0.05, 0.1) is 17.6 Å². The monoisotopic (exact) mass is 478 g/mol. The third-order valence-electron chi connectivity index (χ3n) is 7.61. The number of aromatic nitrogens is 2. The van der Waals surface area contributed by atoms with Crippen molar-refractivity contribution < 1.29 is 9.59 Å². The Morgan fingerprint density at radius 2 is 1.88 bits per heavy atom. The maximum absolute atomic E-state index is 13.9. The summed E-state index contributed by atoms with van der Waals surface area (Å²) in [5.41, 5.74) is 1.71. The molecule has 1 N–H and O–H groups in total. The highest BCUT2D eigenvalue weighted by Crippen LogP contribution is 2.32. The number of amides is 2. The van der Waals surface area contributed by atoms with Crippen LogP contribution in [0, 0.1) is 5.92 Å². The second-order valence-corrected chi connectivity index (χ2v) is 10.4. The maximum atomic E-state index is 13.9. The van der Waals surface area contributed by atoms with Crippen LogP contribution < -0.4 is 5.32 Å². The third-order valence-corrected chi connectivity index (χ3v) is 7.86. The molecule has 6 nitrogen and oxygen atoms in total. The molecule has 7 heteroatoms. The minimum absolute atomic E-state index is 0.0841. The molecule has 0 saturated heterocycles. The second-order valence-electron chi connectivity index (χ2n) is 9.96. The van der Waals surface area contributed by atoms with E-state index >= 15 is 0 Å². The molecule has 0 radical (unpaired) electrons. The normalized spacial score (nSPS) is 24.8. The lowest BCUT2D eigenvalue weighted by Crippen LogP contribution is -2.65. The number of fused-ring (bicyclic) bond motifs is 3. The predicted molar refractivity (Wildman–Crippen MR) is 134 cm³/mol. The molecule has 1 aromatic heterocycles. The molecule has 3 aromatic rings. The van der Waals surface area contributed by atoms with Crippen molar-refractivity contribution >= 4 is 34.4 Å². The summed E-state index contributed by atoms with van der Waals surface area (Å²) >= 11 is 6.04. The molecule has 178 valence electrons. The number of rotatable bonds is 5. The highest BCUT2D eigenvalue weighted by atomic mass is 35.5. The Morgan fingerprint density at radius 1 is 1.15 bits per heavy atom. The van der Waals surface area contributed by atoms with E-state index in [9.17, 15) is 9.59 Å². The highest BCUT2D eigenvalue weighted by Gasteiger charge is 2.48. The van der Waals surface area contributed by atoms with Gasteiger partial charge in [0.1, 0.15) is 5.54 Å². The highest BCUT2D eigenvalue weighted by molar-refractivity contribution is 6.30. The van der Waals surface area contributed by atoms with E-state index in [2.05, 4.69) is 17.2 Å². The van der Waals surface area contributed by atoms with Crippen molar-refractivity contribution in [2.45, 2.75) is 64.1 Å². The summed E-state index contributed by atoms with van der Waals surface area (Å²) < 4.78 is 1.92. The molecule has 2 amide bonds. The number of hydrogen-bond acceptors (Lipinski definition) is 3. The molecular formula is C27H31ClN4O2. The first-order valence-corrected chi connectivity index (χ1v) is 12.6. The molecule has 1 saturated carbocycles. The molecule has 2 heterocycles. The van der Waals surface area contributed by atoms with E-state index in [4.69, 9.17) is 11.6 Å². The van der Waals surface area contributed by atoms with Gasteiger partial charge in [0.2, 0.25) is 5.91 Å². The predicted octanol–water partition coefficient (Wildman–Crippen LogP) is 4.84. The number of benzene rings is 2. The zero-order valence-electron chi connectivity index (χ0n) is 19.8. The summed E-state index contributed by atoms with van der Waals surface area (Å²) in [5, 5.41) is 4.00. The van der Waals surface area contributed by atoms with Crippen molar-refractivity contribution in [2.24, 2.45) is 5.92 Å². The van der Waals surface area contributed by atoms with E-state index in [1.807, 2.05) is 60.0 Å². The van der Waals surface area contributed by atoms with Gasteiger partial charge in [0.15, 0.2) is 5.82 Å². The number of para-hydroxylation sites is 2. The third kappa shape index (κ3) is 4.09. The second kappa shape index (κ2) is 9.06. The Hall–Kier alpha value is -2.86. The van der Waals surface area contributed by atoms with Gasteiger partial charge in [-0.05, 0) is 61.9 Å². The number of nitrogens with one attached hydrogen (secondary N) is 1. The van der Waals surface area contributed by atoms with Gasteiger partial charge in [0, 0.05) is 17.6 Å². The minimum atomic E-state index is -1.02. The zero-order chi connectivity index (χ0) is 23.9. The van der Waals surface area contributed by atoms with Crippen molar-refractivity contribution in [3.8, 4) is 0 Å². The Bertz CT molecular complexity index is 1220. The van der Waals surface area contributed by atoms with Gasteiger partial charge < -0.3 is 14.8 Å². The molecule has 0 unspecified atom stereocenters. The molecule has 1 fully saturated rings. The summed E-state index contributed by atoms with van der Waals surface area (Å²) in [5.74, 6) is 0.547. The van der Waals surface area contributed by atoms with E-state index in [0.29, 0.717) is 36.3 Å². The van der Waals surface area contributed by atoms with Crippen molar-refractivity contribution in [2.75, 3.05) is 6.54 Å². The van der Waals surface area contributed by atoms with E-state index < -0.39 is 5.54 Å². The fourth-order valence-electron chi connectivity index (χ4n) is 5.43. The lowest BCUT2D eigenvalue weighted by atomic mass is 9.85. The van der Waals surface area contributed by atoms with Crippen LogP contribution in [0.5, 0.6) is 0 Å². The summed E-state index contributed by atoms with van der Waals surface area (Å²) in [4.78, 5) is 34.0. The van der Waals surface area contributed by atoms with Crippen LogP contribution in [-0.2, 0) is 17.8 Å². The van der Waals surface area contributed by atoms with Crippen LogP contribution in [-0.4, -0.2) is 44.4 Å². The molecule has 2 aliphatic rings. The minimum Gasteiger partial charge on any atom is -0.351 e. The molecule has 0 spiro atoms. The van der Waals surface area contributed by atoms with Crippen LogP contribution in [0.15, 0.2) is 48.5 Å². The van der Waals surface area contributed by atoms with Gasteiger partial charge in [-0.3, -0.25) is 9.59 Å². The van der Waals surface area contributed by atoms with Crippen LogP contribution in [0.2, 0.25) is 5.02 Å². The van der Waals surface area contributed by atoms with Crippen LogP contribution >= 0.6 is 11.6 Å². The number of carbonyl (C=O) groups excluding carboxylic acids is 2. The van der Waals surface area contributed by atoms with Gasteiger partial charge >= 0.3 is 0 Å². The van der Waals surface area contributed by atoms with Crippen LogP contribution in [0.3, 0.4) is 0 Å². The average molecular weight is 479 g/mol. The van der Waals surface area contributed by atoms with Crippen LogP contribution in [0.1, 0.15) is 55.7 Å². The Balaban J connectivity index is 1.49.